The average Bonchev–Trinajstić information content (AvgIpc) is 2.54. The van der Waals surface area contributed by atoms with Crippen LogP contribution in [0.4, 0.5) is 0 Å². The van der Waals surface area contributed by atoms with Gasteiger partial charge in [-0.15, -0.1) is 0 Å². The van der Waals surface area contributed by atoms with E-state index in [0.29, 0.717) is 0 Å². The van der Waals surface area contributed by atoms with Gasteiger partial charge in [0.25, 0.3) is 0 Å². The first kappa shape index (κ1) is 8.32. The fraction of sp³-hybridized carbons (Fsp3) is 1.00. The summed E-state index contributed by atoms with van der Waals surface area (Å²) in [6, 6.07) is 0. The maximum absolute atomic E-state index is 2.51. The summed E-state index contributed by atoms with van der Waals surface area (Å²) in [7, 11) is 0. The molecule has 0 aromatic rings. The van der Waals surface area contributed by atoms with Crippen molar-refractivity contribution in [1.82, 2.24) is 0 Å². The Morgan fingerprint density at radius 2 is 1.77 bits per heavy atom. The second-order valence-corrected chi connectivity index (χ2v) is 6.09. The Morgan fingerprint density at radius 3 is 2.23 bits per heavy atom. The quantitative estimate of drug-likeness (QED) is 0.618. The van der Waals surface area contributed by atoms with Crippen LogP contribution in [0, 0.1) is 35.5 Å². The zero-order valence-electron chi connectivity index (χ0n) is 9.00. The Labute approximate surface area is 82.1 Å². The van der Waals surface area contributed by atoms with Crippen molar-refractivity contribution in [3.05, 3.63) is 0 Å². The van der Waals surface area contributed by atoms with Crippen LogP contribution >= 0.6 is 0 Å². The minimum Gasteiger partial charge on any atom is -0.0622 e. The molecule has 74 valence electrons. The van der Waals surface area contributed by atoms with Gasteiger partial charge in [0.15, 0.2) is 0 Å². The molecule has 4 saturated carbocycles. The van der Waals surface area contributed by atoms with Crippen LogP contribution in [0.15, 0.2) is 0 Å². The Bertz CT molecular complexity index is 194. The molecule has 0 nitrogen and oxygen atoms in total. The SMILES string of the molecule is CC1CC1C(C)CC1C2CCC1C2. The molecule has 4 fully saturated rings. The van der Waals surface area contributed by atoms with Crippen LogP contribution in [0.5, 0.6) is 0 Å². The van der Waals surface area contributed by atoms with Gasteiger partial charge in [-0.25, -0.2) is 0 Å². The molecule has 0 N–H and O–H groups in total. The standard InChI is InChI=1S/C13H22/c1-8-5-12(8)9(2)6-13-10-3-4-11(13)7-10/h8-13H,3-7H2,1-2H3. The topological polar surface area (TPSA) is 0 Å². The Hall–Kier alpha value is 0. The van der Waals surface area contributed by atoms with E-state index in [9.17, 15) is 0 Å². The van der Waals surface area contributed by atoms with Crippen LogP contribution in [0.1, 0.15) is 46.0 Å². The molecule has 0 radical (unpaired) electrons. The third-order valence-corrected chi connectivity index (χ3v) is 5.27. The predicted molar refractivity (Wildman–Crippen MR) is 55.4 cm³/mol. The van der Waals surface area contributed by atoms with Crippen molar-refractivity contribution in [3.63, 3.8) is 0 Å². The lowest BCUT2D eigenvalue weighted by Crippen LogP contribution is -2.29. The van der Waals surface area contributed by atoms with Crippen LogP contribution in [-0.4, -0.2) is 0 Å². The minimum atomic E-state index is 1.04. The van der Waals surface area contributed by atoms with Crippen molar-refractivity contribution in [2.45, 2.75) is 46.0 Å². The molecular formula is C13H22. The number of rotatable bonds is 3. The molecule has 0 heterocycles. The summed E-state index contributed by atoms with van der Waals surface area (Å²) in [5.41, 5.74) is 0. The van der Waals surface area contributed by atoms with Crippen LogP contribution in [0.2, 0.25) is 0 Å². The van der Waals surface area contributed by atoms with E-state index in [1.807, 2.05) is 0 Å². The average molecular weight is 178 g/mol. The molecule has 0 saturated heterocycles. The predicted octanol–water partition coefficient (Wildman–Crippen LogP) is 3.71. The molecule has 0 heteroatoms. The Morgan fingerprint density at radius 1 is 1.15 bits per heavy atom. The summed E-state index contributed by atoms with van der Waals surface area (Å²) < 4.78 is 0. The van der Waals surface area contributed by atoms with E-state index in [2.05, 4.69) is 13.8 Å². The summed E-state index contributed by atoms with van der Waals surface area (Å²) in [5, 5.41) is 0. The lowest BCUT2D eigenvalue weighted by Gasteiger charge is -2.37. The molecule has 4 rings (SSSR count). The first-order valence-electron chi connectivity index (χ1n) is 6.25. The van der Waals surface area contributed by atoms with Gasteiger partial charge in [0.2, 0.25) is 0 Å². The van der Waals surface area contributed by atoms with E-state index >= 15 is 0 Å². The monoisotopic (exact) mass is 178 g/mol. The Kier molecular flexibility index (Phi) is 1.76. The minimum absolute atomic E-state index is 1.04. The van der Waals surface area contributed by atoms with E-state index in [4.69, 9.17) is 0 Å². The molecule has 2 bridgehead atoms. The maximum atomic E-state index is 2.51. The van der Waals surface area contributed by atoms with E-state index in [0.717, 1.165) is 17.8 Å². The van der Waals surface area contributed by atoms with Gasteiger partial charge in [0.1, 0.15) is 0 Å². The first-order chi connectivity index (χ1) is 6.25. The highest BCUT2D eigenvalue weighted by atomic mass is 14.5. The van der Waals surface area contributed by atoms with Crippen LogP contribution in [0.3, 0.4) is 0 Å². The van der Waals surface area contributed by atoms with Gasteiger partial charge in [-0.05, 0) is 67.6 Å². The second-order valence-electron chi connectivity index (χ2n) is 6.09. The van der Waals surface area contributed by atoms with Gasteiger partial charge >= 0.3 is 0 Å². The van der Waals surface area contributed by atoms with Crippen LogP contribution in [-0.2, 0) is 0 Å². The summed E-state index contributed by atoms with van der Waals surface area (Å²) >= 11 is 0. The molecule has 0 spiro atoms. The van der Waals surface area contributed by atoms with Gasteiger partial charge in [-0.3, -0.25) is 0 Å². The molecule has 0 amide bonds. The number of hydrogen-bond acceptors (Lipinski definition) is 0. The van der Waals surface area contributed by atoms with Crippen molar-refractivity contribution < 1.29 is 0 Å². The molecular weight excluding hydrogens is 156 g/mol. The molecule has 4 aliphatic rings. The van der Waals surface area contributed by atoms with Gasteiger partial charge in [0, 0.05) is 0 Å². The number of fused-ring (bicyclic) bond motifs is 1. The summed E-state index contributed by atoms with van der Waals surface area (Å²) in [4.78, 5) is 0. The van der Waals surface area contributed by atoms with E-state index in [1.54, 1.807) is 25.7 Å². The van der Waals surface area contributed by atoms with E-state index < -0.39 is 0 Å². The van der Waals surface area contributed by atoms with E-state index in [1.165, 1.54) is 24.2 Å². The van der Waals surface area contributed by atoms with E-state index in [-0.39, 0.29) is 0 Å². The highest BCUT2D eigenvalue weighted by Crippen LogP contribution is 2.57. The molecule has 5 atom stereocenters. The highest BCUT2D eigenvalue weighted by molar-refractivity contribution is 4.98. The molecule has 4 aliphatic carbocycles. The molecule has 0 aromatic heterocycles. The molecule has 5 unspecified atom stereocenters. The van der Waals surface area contributed by atoms with Crippen molar-refractivity contribution in [3.8, 4) is 0 Å². The van der Waals surface area contributed by atoms with Crippen molar-refractivity contribution in [1.29, 1.82) is 0 Å². The summed E-state index contributed by atoms with van der Waals surface area (Å²) in [6.45, 7) is 4.93. The van der Waals surface area contributed by atoms with Crippen molar-refractivity contribution >= 4 is 0 Å². The smallest absolute Gasteiger partial charge is 0.0355 e. The molecule has 0 aromatic carbocycles. The zero-order valence-corrected chi connectivity index (χ0v) is 9.00. The van der Waals surface area contributed by atoms with Gasteiger partial charge < -0.3 is 0 Å². The summed E-state index contributed by atoms with van der Waals surface area (Å²) in [6.07, 6.45) is 7.84. The van der Waals surface area contributed by atoms with Gasteiger partial charge in [-0.2, -0.15) is 0 Å². The normalized spacial score (nSPS) is 54.5. The van der Waals surface area contributed by atoms with Gasteiger partial charge in [0.05, 0.1) is 0 Å². The third kappa shape index (κ3) is 1.25. The maximum Gasteiger partial charge on any atom is -0.0355 e. The fourth-order valence-electron chi connectivity index (χ4n) is 4.15. The van der Waals surface area contributed by atoms with Gasteiger partial charge in [-0.1, -0.05) is 13.8 Å². The van der Waals surface area contributed by atoms with Crippen molar-refractivity contribution in [2.24, 2.45) is 35.5 Å². The zero-order chi connectivity index (χ0) is 9.00. The van der Waals surface area contributed by atoms with Crippen LogP contribution in [0.25, 0.3) is 0 Å². The Balaban J connectivity index is 1.52. The van der Waals surface area contributed by atoms with Crippen molar-refractivity contribution in [2.75, 3.05) is 0 Å². The first-order valence-corrected chi connectivity index (χ1v) is 6.25. The molecule has 13 heavy (non-hydrogen) atoms. The lowest BCUT2D eigenvalue weighted by atomic mass is 9.68. The summed E-state index contributed by atoms with van der Waals surface area (Å²) in [5.74, 6) is 6.72. The second kappa shape index (κ2) is 2.74. The van der Waals surface area contributed by atoms with Crippen LogP contribution < -0.4 is 0 Å². The number of hydrogen-bond donors (Lipinski definition) is 0. The molecule has 0 aliphatic heterocycles. The highest BCUT2D eigenvalue weighted by Gasteiger charge is 2.48. The largest absolute Gasteiger partial charge is 0.0622 e. The lowest BCUT2D eigenvalue weighted by molar-refractivity contribution is 0.120. The fourth-order valence-corrected chi connectivity index (χ4v) is 4.15. The third-order valence-electron chi connectivity index (χ3n) is 5.27.